The third-order valence-electron chi connectivity index (χ3n) is 3.73. The van der Waals surface area contributed by atoms with Crippen LogP contribution < -0.4 is 10.2 Å². The van der Waals surface area contributed by atoms with Crippen LogP contribution in [0.4, 0.5) is 17.3 Å². The van der Waals surface area contributed by atoms with Crippen LogP contribution >= 0.6 is 11.8 Å². The van der Waals surface area contributed by atoms with Crippen LogP contribution in [0.3, 0.4) is 0 Å². The quantitative estimate of drug-likeness (QED) is 0.489. The van der Waals surface area contributed by atoms with Crippen molar-refractivity contribution < 1.29 is 4.74 Å². The van der Waals surface area contributed by atoms with Crippen LogP contribution in [0, 0.1) is 4.91 Å². The van der Waals surface area contributed by atoms with E-state index < -0.39 is 0 Å². The molecule has 1 aromatic carbocycles. The second-order valence-electron chi connectivity index (χ2n) is 5.26. The zero-order valence-electron chi connectivity index (χ0n) is 13.4. The molecule has 0 atom stereocenters. The first-order chi connectivity index (χ1) is 11.8. The molecule has 0 aliphatic carbocycles. The molecule has 1 aliphatic rings. The van der Waals surface area contributed by atoms with Crippen molar-refractivity contribution in [2.75, 3.05) is 42.8 Å². The predicted molar refractivity (Wildman–Crippen MR) is 96.1 cm³/mol. The molecule has 24 heavy (non-hydrogen) atoms. The van der Waals surface area contributed by atoms with Gasteiger partial charge in [-0.15, -0.1) is 4.91 Å². The number of hydrogen-bond acceptors (Lipinski definition) is 8. The van der Waals surface area contributed by atoms with Crippen molar-refractivity contribution >= 4 is 29.1 Å². The molecule has 0 amide bonds. The van der Waals surface area contributed by atoms with Gasteiger partial charge in [-0.05, 0) is 17.0 Å². The lowest BCUT2D eigenvalue weighted by Gasteiger charge is -2.28. The van der Waals surface area contributed by atoms with Crippen LogP contribution in [0.15, 0.2) is 40.7 Å². The first-order valence-electron chi connectivity index (χ1n) is 7.71. The molecule has 8 heteroatoms. The maximum absolute atomic E-state index is 11.5. The Labute approximate surface area is 144 Å². The minimum atomic E-state index is 0.255. The van der Waals surface area contributed by atoms with Crippen LogP contribution in [0.1, 0.15) is 5.56 Å². The zero-order valence-corrected chi connectivity index (χ0v) is 14.3. The van der Waals surface area contributed by atoms with Gasteiger partial charge in [0.05, 0.1) is 13.2 Å². The lowest BCUT2D eigenvalue weighted by molar-refractivity contribution is 0.122. The largest absolute Gasteiger partial charge is 0.378 e. The van der Waals surface area contributed by atoms with Crippen molar-refractivity contribution in [3.8, 4) is 0 Å². The van der Waals surface area contributed by atoms with Gasteiger partial charge in [-0.1, -0.05) is 42.1 Å². The Morgan fingerprint density at radius 2 is 2.00 bits per heavy atom. The molecule has 0 unspecified atom stereocenters. The SMILES string of the molecule is CSc1nc(NCc2ccccc2)c(N=O)c(N2CCOCC2)n1. The van der Waals surface area contributed by atoms with Crippen LogP contribution in [0.5, 0.6) is 0 Å². The summed E-state index contributed by atoms with van der Waals surface area (Å²) < 4.78 is 5.37. The average Bonchev–Trinajstić information content (AvgIpc) is 2.67. The lowest BCUT2D eigenvalue weighted by Crippen LogP contribution is -2.37. The summed E-state index contributed by atoms with van der Waals surface area (Å²) >= 11 is 1.44. The molecule has 1 N–H and O–H groups in total. The van der Waals surface area contributed by atoms with Gasteiger partial charge >= 0.3 is 0 Å². The van der Waals surface area contributed by atoms with Crippen LogP contribution in [-0.4, -0.2) is 42.5 Å². The molecule has 126 valence electrons. The Balaban J connectivity index is 1.90. The third kappa shape index (κ3) is 3.82. The van der Waals surface area contributed by atoms with E-state index in [1.165, 1.54) is 11.8 Å². The normalized spacial score (nSPS) is 14.5. The molecule has 1 fully saturated rings. The van der Waals surface area contributed by atoms with E-state index in [0.717, 1.165) is 5.56 Å². The molecule has 3 rings (SSSR count). The molecule has 0 radical (unpaired) electrons. The Morgan fingerprint density at radius 1 is 1.25 bits per heavy atom. The minimum Gasteiger partial charge on any atom is -0.378 e. The molecule has 2 aromatic rings. The zero-order chi connectivity index (χ0) is 16.8. The van der Waals surface area contributed by atoms with E-state index in [1.807, 2.05) is 41.5 Å². The molecule has 0 saturated carbocycles. The second kappa shape index (κ2) is 8.07. The maximum atomic E-state index is 11.5. The number of hydrogen-bond donors (Lipinski definition) is 1. The third-order valence-corrected chi connectivity index (χ3v) is 4.28. The molecular formula is C16H19N5O2S. The van der Waals surface area contributed by atoms with Gasteiger partial charge in [0.25, 0.3) is 0 Å². The number of nitrogens with one attached hydrogen (secondary N) is 1. The molecular weight excluding hydrogens is 326 g/mol. The van der Waals surface area contributed by atoms with Crippen molar-refractivity contribution in [2.24, 2.45) is 5.18 Å². The Bertz CT molecular complexity index is 692. The number of nitrogens with zero attached hydrogens (tertiary/aromatic N) is 4. The highest BCUT2D eigenvalue weighted by Crippen LogP contribution is 2.35. The average molecular weight is 345 g/mol. The summed E-state index contributed by atoms with van der Waals surface area (Å²) in [6, 6.07) is 9.95. The maximum Gasteiger partial charge on any atom is 0.192 e. The van der Waals surface area contributed by atoms with Crippen LogP contribution in [0.25, 0.3) is 0 Å². The molecule has 0 bridgehead atoms. The van der Waals surface area contributed by atoms with Crippen molar-refractivity contribution in [3.63, 3.8) is 0 Å². The summed E-state index contributed by atoms with van der Waals surface area (Å²) in [4.78, 5) is 22.4. The molecule has 1 saturated heterocycles. The topological polar surface area (TPSA) is 79.7 Å². The van der Waals surface area contributed by atoms with E-state index in [4.69, 9.17) is 4.74 Å². The number of rotatable bonds is 6. The summed E-state index contributed by atoms with van der Waals surface area (Å²) in [7, 11) is 0. The first kappa shape index (κ1) is 16.7. The summed E-state index contributed by atoms with van der Waals surface area (Å²) in [6.07, 6.45) is 1.91. The fraction of sp³-hybridized carbons (Fsp3) is 0.375. The van der Waals surface area contributed by atoms with Crippen molar-refractivity contribution in [1.82, 2.24) is 9.97 Å². The summed E-state index contributed by atoms with van der Waals surface area (Å²) in [5.41, 5.74) is 1.36. The van der Waals surface area contributed by atoms with E-state index in [0.29, 0.717) is 49.6 Å². The molecule has 7 nitrogen and oxygen atoms in total. The Morgan fingerprint density at radius 3 is 2.67 bits per heavy atom. The van der Waals surface area contributed by atoms with Crippen LogP contribution in [-0.2, 0) is 11.3 Å². The van der Waals surface area contributed by atoms with E-state index in [1.54, 1.807) is 0 Å². The van der Waals surface area contributed by atoms with Crippen LogP contribution in [0.2, 0.25) is 0 Å². The smallest absolute Gasteiger partial charge is 0.192 e. The number of ether oxygens (including phenoxy) is 1. The van der Waals surface area contributed by atoms with E-state index in [9.17, 15) is 4.91 Å². The fourth-order valence-electron chi connectivity index (χ4n) is 2.50. The van der Waals surface area contributed by atoms with Gasteiger partial charge in [0.2, 0.25) is 0 Å². The van der Waals surface area contributed by atoms with Gasteiger partial charge < -0.3 is 15.0 Å². The lowest BCUT2D eigenvalue weighted by atomic mass is 10.2. The summed E-state index contributed by atoms with van der Waals surface area (Å²) in [5, 5.41) is 7.03. The van der Waals surface area contributed by atoms with Crippen molar-refractivity contribution in [1.29, 1.82) is 0 Å². The summed E-state index contributed by atoms with van der Waals surface area (Å²) in [6.45, 7) is 3.17. The molecule has 1 aliphatic heterocycles. The molecule has 2 heterocycles. The number of aromatic nitrogens is 2. The van der Waals surface area contributed by atoms with Gasteiger partial charge in [0.15, 0.2) is 22.5 Å². The number of morpholine rings is 1. The van der Waals surface area contributed by atoms with Gasteiger partial charge in [-0.25, -0.2) is 9.97 Å². The van der Waals surface area contributed by atoms with Gasteiger partial charge in [0.1, 0.15) is 0 Å². The fourth-order valence-corrected chi connectivity index (χ4v) is 2.86. The van der Waals surface area contributed by atoms with Crippen molar-refractivity contribution in [2.45, 2.75) is 11.7 Å². The second-order valence-corrected chi connectivity index (χ2v) is 6.03. The number of benzene rings is 1. The highest BCUT2D eigenvalue weighted by Gasteiger charge is 2.22. The van der Waals surface area contributed by atoms with Gasteiger partial charge in [0, 0.05) is 19.6 Å². The number of anilines is 2. The highest BCUT2D eigenvalue weighted by atomic mass is 32.2. The van der Waals surface area contributed by atoms with E-state index in [-0.39, 0.29) is 5.69 Å². The van der Waals surface area contributed by atoms with E-state index >= 15 is 0 Å². The number of thioether (sulfide) groups is 1. The highest BCUT2D eigenvalue weighted by molar-refractivity contribution is 7.98. The van der Waals surface area contributed by atoms with Crippen molar-refractivity contribution in [3.05, 3.63) is 40.8 Å². The molecule has 1 aromatic heterocycles. The standard InChI is InChI=1S/C16H19N5O2S/c1-24-16-18-14(17-11-12-5-3-2-4-6-12)13(20-22)15(19-16)21-7-9-23-10-8-21/h2-6H,7-11H2,1H3,(H,17,18,19). The number of nitroso groups, excluding NO2 is 1. The summed E-state index contributed by atoms with van der Waals surface area (Å²) in [5.74, 6) is 1.04. The predicted octanol–water partition coefficient (Wildman–Crippen LogP) is 3.05. The monoisotopic (exact) mass is 345 g/mol. The Kier molecular flexibility index (Phi) is 5.60. The first-order valence-corrected chi connectivity index (χ1v) is 8.94. The minimum absolute atomic E-state index is 0.255. The Hall–Kier alpha value is -2.19. The molecule has 0 spiro atoms. The van der Waals surface area contributed by atoms with Gasteiger partial charge in [-0.2, -0.15) is 0 Å². The van der Waals surface area contributed by atoms with E-state index in [2.05, 4.69) is 20.5 Å². The van der Waals surface area contributed by atoms with Gasteiger partial charge in [-0.3, -0.25) is 0 Å².